The van der Waals surface area contributed by atoms with E-state index in [9.17, 15) is 0 Å². The van der Waals surface area contributed by atoms with Crippen molar-refractivity contribution in [2.75, 3.05) is 31.1 Å². The Bertz CT molecular complexity index is 306. The highest BCUT2D eigenvalue weighted by atomic mass is 35.5. The molecular formula is C9H14Cl2N4. The van der Waals surface area contributed by atoms with E-state index in [4.69, 9.17) is 11.6 Å². The SMILES string of the molecule is Cc1cc(N2CCNCC2)nc(Cl)n1.Cl. The number of nitrogens with one attached hydrogen (secondary N) is 1. The number of hydrogen-bond donors (Lipinski definition) is 1. The van der Waals surface area contributed by atoms with Gasteiger partial charge in [0.1, 0.15) is 5.82 Å². The van der Waals surface area contributed by atoms with Crippen LogP contribution in [0.5, 0.6) is 0 Å². The van der Waals surface area contributed by atoms with Crippen LogP contribution in [0.3, 0.4) is 0 Å². The molecule has 1 fully saturated rings. The van der Waals surface area contributed by atoms with Crippen molar-refractivity contribution in [2.24, 2.45) is 0 Å². The van der Waals surface area contributed by atoms with Crippen molar-refractivity contribution in [3.63, 3.8) is 0 Å². The first kappa shape index (κ1) is 12.5. The second-order valence-electron chi connectivity index (χ2n) is 3.37. The van der Waals surface area contributed by atoms with Gasteiger partial charge in [0.25, 0.3) is 0 Å². The fourth-order valence-corrected chi connectivity index (χ4v) is 1.79. The smallest absolute Gasteiger partial charge is 0.224 e. The lowest BCUT2D eigenvalue weighted by Gasteiger charge is -2.28. The molecule has 1 aromatic rings. The number of hydrogen-bond acceptors (Lipinski definition) is 4. The molecule has 2 heterocycles. The minimum absolute atomic E-state index is 0. The van der Waals surface area contributed by atoms with Crippen LogP contribution < -0.4 is 10.2 Å². The van der Waals surface area contributed by atoms with E-state index >= 15 is 0 Å². The van der Waals surface area contributed by atoms with E-state index in [1.165, 1.54) is 0 Å². The summed E-state index contributed by atoms with van der Waals surface area (Å²) in [5.74, 6) is 0.934. The highest BCUT2D eigenvalue weighted by Crippen LogP contribution is 2.14. The van der Waals surface area contributed by atoms with Crippen molar-refractivity contribution in [1.82, 2.24) is 15.3 Å². The van der Waals surface area contributed by atoms with Gasteiger partial charge in [0, 0.05) is 37.9 Å². The van der Waals surface area contributed by atoms with E-state index in [1.54, 1.807) is 0 Å². The van der Waals surface area contributed by atoms with Crippen LogP contribution in [0, 0.1) is 6.92 Å². The number of aromatic nitrogens is 2. The van der Waals surface area contributed by atoms with Gasteiger partial charge in [-0.15, -0.1) is 12.4 Å². The number of anilines is 1. The Hall–Kier alpha value is -0.580. The van der Waals surface area contributed by atoms with Crippen LogP contribution in [0.25, 0.3) is 0 Å². The van der Waals surface area contributed by atoms with Gasteiger partial charge in [-0.05, 0) is 18.5 Å². The number of nitrogens with zero attached hydrogens (tertiary/aromatic N) is 3. The molecule has 0 spiro atoms. The lowest BCUT2D eigenvalue weighted by Crippen LogP contribution is -2.43. The molecule has 4 nitrogen and oxygen atoms in total. The number of aryl methyl sites for hydroxylation is 1. The third-order valence-corrected chi connectivity index (χ3v) is 2.42. The first-order valence-electron chi connectivity index (χ1n) is 4.72. The van der Waals surface area contributed by atoms with E-state index in [0.717, 1.165) is 37.7 Å². The van der Waals surface area contributed by atoms with E-state index in [2.05, 4.69) is 20.2 Å². The Morgan fingerprint density at radius 2 is 2.00 bits per heavy atom. The Kier molecular flexibility index (Phi) is 4.57. The monoisotopic (exact) mass is 248 g/mol. The molecule has 1 N–H and O–H groups in total. The minimum Gasteiger partial charge on any atom is -0.354 e. The molecule has 84 valence electrons. The molecule has 0 bridgehead atoms. The average Bonchev–Trinajstić information content (AvgIpc) is 2.18. The van der Waals surface area contributed by atoms with Gasteiger partial charge in [-0.3, -0.25) is 0 Å². The van der Waals surface area contributed by atoms with Crippen molar-refractivity contribution >= 4 is 29.8 Å². The summed E-state index contributed by atoms with van der Waals surface area (Å²) in [6.45, 7) is 5.89. The van der Waals surface area contributed by atoms with Crippen LogP contribution in [0.15, 0.2) is 6.07 Å². The zero-order chi connectivity index (χ0) is 9.97. The second-order valence-corrected chi connectivity index (χ2v) is 3.71. The van der Waals surface area contributed by atoms with Gasteiger partial charge in [0.2, 0.25) is 5.28 Å². The molecule has 1 aliphatic rings. The van der Waals surface area contributed by atoms with E-state index in [-0.39, 0.29) is 12.4 Å². The Morgan fingerprint density at radius 1 is 1.33 bits per heavy atom. The Balaban J connectivity index is 0.00000112. The topological polar surface area (TPSA) is 41.0 Å². The van der Waals surface area contributed by atoms with Gasteiger partial charge < -0.3 is 10.2 Å². The first-order chi connectivity index (χ1) is 6.75. The van der Waals surface area contributed by atoms with Crippen LogP contribution in [0.4, 0.5) is 5.82 Å². The summed E-state index contributed by atoms with van der Waals surface area (Å²) in [7, 11) is 0. The molecule has 0 aliphatic carbocycles. The van der Waals surface area contributed by atoms with Crippen molar-refractivity contribution in [3.05, 3.63) is 17.0 Å². The second kappa shape index (κ2) is 5.49. The molecule has 0 amide bonds. The summed E-state index contributed by atoms with van der Waals surface area (Å²) in [6, 6.07) is 1.97. The van der Waals surface area contributed by atoms with E-state index in [0.29, 0.717) is 5.28 Å². The zero-order valence-electron chi connectivity index (χ0n) is 8.53. The third-order valence-electron chi connectivity index (χ3n) is 2.25. The lowest BCUT2D eigenvalue weighted by atomic mass is 10.3. The molecule has 0 radical (unpaired) electrons. The Labute approximate surface area is 100 Å². The van der Waals surface area contributed by atoms with E-state index in [1.807, 2.05) is 13.0 Å². The minimum atomic E-state index is 0. The predicted octanol–water partition coefficient (Wildman–Crippen LogP) is 1.27. The number of halogens is 2. The number of piperazine rings is 1. The van der Waals surface area contributed by atoms with Gasteiger partial charge >= 0.3 is 0 Å². The summed E-state index contributed by atoms with van der Waals surface area (Å²) < 4.78 is 0. The third kappa shape index (κ3) is 3.19. The zero-order valence-corrected chi connectivity index (χ0v) is 10.1. The maximum absolute atomic E-state index is 5.80. The summed E-state index contributed by atoms with van der Waals surface area (Å²) in [5.41, 5.74) is 0.915. The van der Waals surface area contributed by atoms with Gasteiger partial charge in [-0.25, -0.2) is 9.97 Å². The van der Waals surface area contributed by atoms with Crippen molar-refractivity contribution in [1.29, 1.82) is 0 Å². The summed E-state index contributed by atoms with van der Waals surface area (Å²) in [4.78, 5) is 10.5. The Morgan fingerprint density at radius 3 is 2.60 bits per heavy atom. The van der Waals surface area contributed by atoms with Crippen LogP contribution in [0.1, 0.15) is 5.69 Å². The van der Waals surface area contributed by atoms with E-state index < -0.39 is 0 Å². The quantitative estimate of drug-likeness (QED) is 0.761. The first-order valence-corrected chi connectivity index (χ1v) is 5.10. The maximum Gasteiger partial charge on any atom is 0.224 e. The maximum atomic E-state index is 5.80. The van der Waals surface area contributed by atoms with Crippen LogP contribution >= 0.6 is 24.0 Å². The average molecular weight is 249 g/mol. The standard InChI is InChI=1S/C9H13ClN4.ClH/c1-7-6-8(13-9(10)12-7)14-4-2-11-3-5-14;/h6,11H,2-5H2,1H3;1H. The molecule has 0 aromatic carbocycles. The normalized spacial score (nSPS) is 16.0. The molecule has 1 saturated heterocycles. The van der Waals surface area contributed by atoms with Crippen LogP contribution in [-0.2, 0) is 0 Å². The van der Waals surface area contributed by atoms with Gasteiger partial charge in [-0.2, -0.15) is 0 Å². The van der Waals surface area contributed by atoms with Crippen molar-refractivity contribution < 1.29 is 0 Å². The van der Waals surface area contributed by atoms with Crippen molar-refractivity contribution in [2.45, 2.75) is 6.92 Å². The van der Waals surface area contributed by atoms with Gasteiger partial charge in [0.05, 0.1) is 0 Å². The molecular weight excluding hydrogens is 235 g/mol. The molecule has 6 heteroatoms. The van der Waals surface area contributed by atoms with Crippen LogP contribution in [0.2, 0.25) is 5.28 Å². The molecule has 15 heavy (non-hydrogen) atoms. The molecule has 0 atom stereocenters. The highest BCUT2D eigenvalue weighted by Gasteiger charge is 2.12. The largest absolute Gasteiger partial charge is 0.354 e. The summed E-state index contributed by atoms with van der Waals surface area (Å²) in [5, 5.41) is 3.63. The molecule has 0 saturated carbocycles. The van der Waals surface area contributed by atoms with Gasteiger partial charge in [0.15, 0.2) is 0 Å². The predicted molar refractivity (Wildman–Crippen MR) is 64.1 cm³/mol. The summed E-state index contributed by atoms with van der Waals surface area (Å²) >= 11 is 5.80. The van der Waals surface area contributed by atoms with Crippen molar-refractivity contribution in [3.8, 4) is 0 Å². The highest BCUT2D eigenvalue weighted by molar-refractivity contribution is 6.28. The molecule has 2 rings (SSSR count). The molecule has 0 unspecified atom stereocenters. The molecule has 1 aliphatic heterocycles. The lowest BCUT2D eigenvalue weighted by molar-refractivity contribution is 0.584. The van der Waals surface area contributed by atoms with Crippen LogP contribution in [-0.4, -0.2) is 36.1 Å². The summed E-state index contributed by atoms with van der Waals surface area (Å²) in [6.07, 6.45) is 0. The number of rotatable bonds is 1. The fraction of sp³-hybridized carbons (Fsp3) is 0.556. The van der Waals surface area contributed by atoms with Gasteiger partial charge in [-0.1, -0.05) is 0 Å². The fourth-order valence-electron chi connectivity index (χ4n) is 1.57. The molecule has 1 aromatic heterocycles.